The zero-order valence-corrected chi connectivity index (χ0v) is 21.2. The minimum absolute atomic E-state index is 0.0138. The molecule has 1 aliphatic rings. The molecule has 0 aliphatic carbocycles. The van der Waals surface area contributed by atoms with Crippen LogP contribution in [-0.4, -0.2) is 83.8 Å². The standard InChI is InChI=1S/C24H39N5O5/c1-14(2)25-23(32)27-19-10-8-9-18-21(19)34-20(12-28(7)24(33)26-15(3)4)16(5)11-29(22(18)31)17(6)13-30/h8-10,14-17,20,30H,11-13H2,1-7H3,(H,26,33)(H2,25,27,32)/t16-,17-,20+/m0/s1. The van der Waals surface area contributed by atoms with Crippen LogP contribution in [0.3, 0.4) is 0 Å². The Kier molecular flexibility index (Phi) is 9.55. The highest BCUT2D eigenvalue weighted by Gasteiger charge is 2.35. The average Bonchev–Trinajstić information content (AvgIpc) is 2.74. The van der Waals surface area contributed by atoms with Crippen LogP contribution in [-0.2, 0) is 0 Å². The highest BCUT2D eigenvalue weighted by atomic mass is 16.5. The van der Waals surface area contributed by atoms with Crippen molar-refractivity contribution in [1.29, 1.82) is 0 Å². The van der Waals surface area contributed by atoms with Gasteiger partial charge in [0.2, 0.25) is 0 Å². The fourth-order valence-electron chi connectivity index (χ4n) is 3.69. The van der Waals surface area contributed by atoms with E-state index < -0.39 is 18.2 Å². The third kappa shape index (κ3) is 6.99. The molecule has 5 amide bonds. The molecule has 1 aromatic carbocycles. The maximum atomic E-state index is 13.4. The van der Waals surface area contributed by atoms with Gasteiger partial charge < -0.3 is 35.6 Å². The molecule has 0 bridgehead atoms. The number of hydrogen-bond acceptors (Lipinski definition) is 5. The summed E-state index contributed by atoms with van der Waals surface area (Å²) < 4.78 is 6.37. The summed E-state index contributed by atoms with van der Waals surface area (Å²) in [5, 5.41) is 18.2. The van der Waals surface area contributed by atoms with Gasteiger partial charge in [-0.1, -0.05) is 13.0 Å². The maximum absolute atomic E-state index is 13.4. The lowest BCUT2D eigenvalue weighted by atomic mass is 9.99. The fourth-order valence-corrected chi connectivity index (χ4v) is 3.69. The molecule has 1 aromatic rings. The normalized spacial score (nSPS) is 19.0. The Morgan fingerprint density at radius 2 is 1.82 bits per heavy atom. The average molecular weight is 478 g/mol. The van der Waals surface area contributed by atoms with Crippen LogP contribution in [0.2, 0.25) is 0 Å². The number of likely N-dealkylation sites (N-methyl/N-ethyl adjacent to an activating group) is 1. The summed E-state index contributed by atoms with van der Waals surface area (Å²) in [6.45, 7) is 11.6. The lowest BCUT2D eigenvalue weighted by Gasteiger charge is -2.38. The van der Waals surface area contributed by atoms with E-state index >= 15 is 0 Å². The Bertz CT molecular complexity index is 875. The van der Waals surface area contributed by atoms with Crippen LogP contribution in [0.25, 0.3) is 0 Å². The first-order valence-electron chi connectivity index (χ1n) is 11.7. The van der Waals surface area contributed by atoms with Crippen molar-refractivity contribution in [3.8, 4) is 5.75 Å². The van der Waals surface area contributed by atoms with Crippen LogP contribution < -0.4 is 20.7 Å². The van der Waals surface area contributed by atoms with E-state index in [4.69, 9.17) is 4.74 Å². The lowest BCUT2D eigenvalue weighted by Crippen LogP contribution is -2.51. The van der Waals surface area contributed by atoms with Gasteiger partial charge in [0.05, 0.1) is 30.4 Å². The number of carbonyl (C=O) groups excluding carboxylic acids is 3. The van der Waals surface area contributed by atoms with Crippen LogP contribution in [0.5, 0.6) is 5.75 Å². The van der Waals surface area contributed by atoms with Gasteiger partial charge in [0.1, 0.15) is 6.10 Å². The monoisotopic (exact) mass is 477 g/mol. The van der Waals surface area contributed by atoms with Gasteiger partial charge in [-0.15, -0.1) is 0 Å². The SMILES string of the molecule is CC(C)NC(=O)Nc1cccc2c1O[C@H](CN(C)C(=O)NC(C)C)[C@@H](C)CN([C@@H](C)CO)C2=O. The van der Waals surface area contributed by atoms with Crippen LogP contribution in [0.15, 0.2) is 18.2 Å². The number of nitrogens with zero attached hydrogens (tertiary/aromatic N) is 2. The van der Waals surface area contributed by atoms with Gasteiger partial charge in [0, 0.05) is 31.6 Å². The first-order valence-corrected chi connectivity index (χ1v) is 11.7. The quantitative estimate of drug-likeness (QED) is 0.480. The van der Waals surface area contributed by atoms with E-state index in [9.17, 15) is 19.5 Å². The van der Waals surface area contributed by atoms with E-state index in [0.29, 0.717) is 12.2 Å². The van der Waals surface area contributed by atoms with E-state index in [2.05, 4.69) is 16.0 Å². The Morgan fingerprint density at radius 3 is 2.41 bits per heavy atom. The number of ether oxygens (including phenoxy) is 1. The number of carbonyl (C=O) groups is 3. The predicted octanol–water partition coefficient (Wildman–Crippen LogP) is 2.49. The third-order valence-corrected chi connectivity index (χ3v) is 5.57. The highest BCUT2D eigenvalue weighted by molar-refractivity contribution is 6.01. The molecule has 4 N–H and O–H groups in total. The lowest BCUT2D eigenvalue weighted by molar-refractivity contribution is 0.0368. The molecule has 1 aliphatic heterocycles. The largest absolute Gasteiger partial charge is 0.485 e. The van der Waals surface area contributed by atoms with Crippen molar-refractivity contribution in [2.45, 2.75) is 65.8 Å². The third-order valence-electron chi connectivity index (χ3n) is 5.57. The second kappa shape index (κ2) is 11.9. The molecule has 1 heterocycles. The van der Waals surface area contributed by atoms with Crippen LogP contribution >= 0.6 is 0 Å². The van der Waals surface area contributed by atoms with Crippen LogP contribution in [0, 0.1) is 5.92 Å². The number of urea groups is 2. The first kappa shape index (κ1) is 27.2. The zero-order valence-electron chi connectivity index (χ0n) is 21.2. The first-order chi connectivity index (χ1) is 15.9. The maximum Gasteiger partial charge on any atom is 0.319 e. The van der Waals surface area contributed by atoms with Crippen LogP contribution in [0.1, 0.15) is 51.9 Å². The van der Waals surface area contributed by atoms with E-state index in [0.717, 1.165) is 0 Å². The molecule has 0 aromatic heterocycles. The van der Waals surface area contributed by atoms with Gasteiger partial charge in [-0.3, -0.25) is 4.79 Å². The summed E-state index contributed by atoms with van der Waals surface area (Å²) in [6.07, 6.45) is -0.473. The molecule has 2 rings (SSSR count). The number of benzene rings is 1. The van der Waals surface area contributed by atoms with Gasteiger partial charge in [-0.2, -0.15) is 0 Å². The number of hydrogen-bond donors (Lipinski definition) is 4. The molecular formula is C24H39N5O5. The molecule has 3 atom stereocenters. The minimum atomic E-state index is -0.473. The van der Waals surface area contributed by atoms with Crippen molar-refractivity contribution in [1.82, 2.24) is 20.4 Å². The molecule has 34 heavy (non-hydrogen) atoms. The molecule has 0 spiro atoms. The van der Waals surface area contributed by atoms with E-state index in [1.165, 1.54) is 0 Å². The highest BCUT2D eigenvalue weighted by Crippen LogP contribution is 2.35. The van der Waals surface area contributed by atoms with Crippen molar-refractivity contribution in [3.63, 3.8) is 0 Å². The number of nitrogens with one attached hydrogen (secondary N) is 3. The number of anilines is 1. The Balaban J connectivity index is 2.47. The molecule has 0 unspecified atom stereocenters. The number of fused-ring (bicyclic) bond motifs is 1. The van der Waals surface area contributed by atoms with Gasteiger partial charge in [0.25, 0.3) is 5.91 Å². The Morgan fingerprint density at radius 1 is 1.18 bits per heavy atom. The van der Waals surface area contributed by atoms with E-state index in [1.807, 2.05) is 34.6 Å². The van der Waals surface area contributed by atoms with Crippen molar-refractivity contribution in [2.24, 2.45) is 5.92 Å². The van der Waals surface area contributed by atoms with Gasteiger partial charge in [-0.25, -0.2) is 9.59 Å². The van der Waals surface area contributed by atoms with Crippen molar-refractivity contribution in [2.75, 3.05) is 32.1 Å². The smallest absolute Gasteiger partial charge is 0.319 e. The van der Waals surface area contributed by atoms with Crippen molar-refractivity contribution in [3.05, 3.63) is 23.8 Å². The van der Waals surface area contributed by atoms with E-state index in [1.54, 1.807) is 42.0 Å². The summed E-state index contributed by atoms with van der Waals surface area (Å²) in [4.78, 5) is 41.5. The predicted molar refractivity (Wildman–Crippen MR) is 131 cm³/mol. The van der Waals surface area contributed by atoms with Gasteiger partial charge >= 0.3 is 12.1 Å². The van der Waals surface area contributed by atoms with Crippen molar-refractivity contribution >= 4 is 23.7 Å². The van der Waals surface area contributed by atoms with Gasteiger partial charge in [-0.05, 0) is 46.8 Å². The molecule has 190 valence electrons. The fraction of sp³-hybridized carbons (Fsp3) is 0.625. The van der Waals surface area contributed by atoms with Crippen molar-refractivity contribution < 1.29 is 24.2 Å². The summed E-state index contributed by atoms with van der Waals surface area (Å²) in [5.41, 5.74) is 0.641. The minimum Gasteiger partial charge on any atom is -0.485 e. The Labute approximate surface area is 202 Å². The number of aliphatic hydroxyl groups excluding tert-OH is 1. The number of amides is 5. The summed E-state index contributed by atoms with van der Waals surface area (Å²) in [7, 11) is 1.69. The van der Waals surface area contributed by atoms with Crippen LogP contribution in [0.4, 0.5) is 15.3 Å². The molecule has 0 saturated heterocycles. The number of aliphatic hydroxyl groups is 1. The summed E-state index contributed by atoms with van der Waals surface area (Å²) in [5.74, 6) is -0.214. The summed E-state index contributed by atoms with van der Waals surface area (Å²) >= 11 is 0. The molecular weight excluding hydrogens is 438 g/mol. The second-order valence-corrected chi connectivity index (χ2v) is 9.54. The van der Waals surface area contributed by atoms with Gasteiger partial charge in [0.15, 0.2) is 5.75 Å². The molecule has 0 saturated carbocycles. The topological polar surface area (TPSA) is 123 Å². The molecule has 10 heteroatoms. The second-order valence-electron chi connectivity index (χ2n) is 9.54. The number of rotatable bonds is 7. The molecule has 0 radical (unpaired) electrons. The van der Waals surface area contributed by atoms with E-state index in [-0.39, 0.29) is 54.4 Å². The molecule has 0 fully saturated rings. The Hall–Kier alpha value is -3.01. The zero-order chi connectivity index (χ0) is 25.6. The number of para-hydroxylation sites is 1. The molecule has 10 nitrogen and oxygen atoms in total. The summed E-state index contributed by atoms with van der Waals surface area (Å²) in [6, 6.07) is 3.84.